The van der Waals surface area contributed by atoms with Crippen molar-refractivity contribution >= 4 is 23.6 Å². The molecule has 0 aliphatic heterocycles. The Labute approximate surface area is 110 Å². The van der Waals surface area contributed by atoms with E-state index < -0.39 is 7.38 Å². The molecule has 2 aromatic rings. The van der Waals surface area contributed by atoms with Crippen molar-refractivity contribution in [3.63, 3.8) is 0 Å². The van der Waals surface area contributed by atoms with E-state index in [1.807, 2.05) is 36.4 Å². The van der Waals surface area contributed by atoms with E-state index in [1.54, 1.807) is 0 Å². The fourth-order valence-corrected chi connectivity index (χ4v) is 2.73. The second-order valence-corrected chi connectivity index (χ2v) is 10.9. The maximum Gasteiger partial charge on any atom is 0.180 e. The van der Waals surface area contributed by atoms with Crippen LogP contribution in [-0.2, 0) is 0 Å². The standard InChI is InChI=1S/C8H11ClSi.C7H8/c1-10(2,9)8-6-4-3-5-7-8;1-7-5-3-2-4-6-7/h3-7H,1-2H3;2-6H,1H3. The normalized spacial score (nSPS) is 10.4. The van der Waals surface area contributed by atoms with Gasteiger partial charge < -0.3 is 0 Å². The summed E-state index contributed by atoms with van der Waals surface area (Å²) in [7, 11) is -1.56. The maximum absolute atomic E-state index is 6.20. The maximum atomic E-state index is 6.20. The van der Waals surface area contributed by atoms with Crippen LogP contribution in [0.25, 0.3) is 0 Å². The minimum Gasteiger partial charge on any atom is -0.162 e. The second kappa shape index (κ2) is 6.63. The Bertz CT molecular complexity index is 418. The predicted molar refractivity (Wildman–Crippen MR) is 80.6 cm³/mol. The molecule has 90 valence electrons. The molecule has 0 nitrogen and oxygen atoms in total. The number of benzene rings is 2. The van der Waals surface area contributed by atoms with Crippen LogP contribution in [0.15, 0.2) is 60.7 Å². The molecule has 0 amide bonds. The van der Waals surface area contributed by atoms with Crippen molar-refractivity contribution in [2.45, 2.75) is 20.0 Å². The van der Waals surface area contributed by atoms with Crippen LogP contribution < -0.4 is 5.19 Å². The van der Waals surface area contributed by atoms with E-state index in [-0.39, 0.29) is 0 Å². The highest BCUT2D eigenvalue weighted by Gasteiger charge is 2.18. The fraction of sp³-hybridized carbons (Fsp3) is 0.200. The Balaban J connectivity index is 0.000000181. The highest BCUT2D eigenvalue weighted by molar-refractivity contribution is 7.26. The van der Waals surface area contributed by atoms with E-state index in [4.69, 9.17) is 11.1 Å². The monoisotopic (exact) mass is 262 g/mol. The number of hydrogen-bond acceptors (Lipinski definition) is 0. The molecule has 0 bridgehead atoms. The van der Waals surface area contributed by atoms with Gasteiger partial charge in [-0.3, -0.25) is 0 Å². The van der Waals surface area contributed by atoms with Crippen molar-refractivity contribution in [2.75, 3.05) is 0 Å². The van der Waals surface area contributed by atoms with Crippen molar-refractivity contribution in [1.29, 1.82) is 0 Å². The van der Waals surface area contributed by atoms with Gasteiger partial charge in [0.25, 0.3) is 0 Å². The molecule has 0 aromatic heterocycles. The van der Waals surface area contributed by atoms with Crippen molar-refractivity contribution < 1.29 is 0 Å². The lowest BCUT2D eigenvalue weighted by atomic mass is 10.2. The highest BCUT2D eigenvalue weighted by Crippen LogP contribution is 2.06. The highest BCUT2D eigenvalue weighted by atomic mass is 35.6. The van der Waals surface area contributed by atoms with Crippen LogP contribution in [0.4, 0.5) is 0 Å². The first-order chi connectivity index (χ1) is 8.00. The Kier molecular flexibility index (Phi) is 5.46. The fourth-order valence-electron chi connectivity index (χ4n) is 1.37. The molecule has 17 heavy (non-hydrogen) atoms. The molecule has 0 aliphatic rings. The number of halogens is 1. The van der Waals surface area contributed by atoms with Crippen LogP contribution in [0.3, 0.4) is 0 Å². The quantitative estimate of drug-likeness (QED) is 0.530. The van der Waals surface area contributed by atoms with Gasteiger partial charge in [0.2, 0.25) is 0 Å². The van der Waals surface area contributed by atoms with Gasteiger partial charge in [-0.05, 0) is 12.1 Å². The molecule has 2 heteroatoms. The van der Waals surface area contributed by atoms with Gasteiger partial charge in [0, 0.05) is 0 Å². The Morgan fingerprint density at radius 1 is 0.765 bits per heavy atom. The topological polar surface area (TPSA) is 0 Å². The summed E-state index contributed by atoms with van der Waals surface area (Å²) in [5.74, 6) is 0. The summed E-state index contributed by atoms with van der Waals surface area (Å²) in [6.07, 6.45) is 0. The van der Waals surface area contributed by atoms with E-state index in [2.05, 4.69) is 44.3 Å². The van der Waals surface area contributed by atoms with E-state index in [0.717, 1.165) is 0 Å². The Morgan fingerprint density at radius 2 is 1.18 bits per heavy atom. The van der Waals surface area contributed by atoms with Crippen LogP contribution in [0.1, 0.15) is 5.56 Å². The smallest absolute Gasteiger partial charge is 0.162 e. The average molecular weight is 263 g/mol. The first-order valence-electron chi connectivity index (χ1n) is 5.76. The third kappa shape index (κ3) is 5.71. The van der Waals surface area contributed by atoms with Gasteiger partial charge in [-0.1, -0.05) is 79.3 Å². The molecule has 0 fully saturated rings. The van der Waals surface area contributed by atoms with Gasteiger partial charge in [-0.15, -0.1) is 0 Å². The molecule has 0 saturated carbocycles. The summed E-state index contributed by atoms with van der Waals surface area (Å²) in [5.41, 5.74) is 1.32. The average Bonchev–Trinajstić information content (AvgIpc) is 2.31. The van der Waals surface area contributed by atoms with Crippen LogP contribution >= 0.6 is 11.1 Å². The lowest BCUT2D eigenvalue weighted by molar-refractivity contribution is 1.48. The van der Waals surface area contributed by atoms with Crippen LogP contribution in [-0.4, -0.2) is 7.38 Å². The van der Waals surface area contributed by atoms with E-state index in [9.17, 15) is 0 Å². The lowest BCUT2D eigenvalue weighted by Gasteiger charge is -2.11. The molecule has 0 heterocycles. The minimum absolute atomic E-state index is 1.30. The largest absolute Gasteiger partial charge is 0.180 e. The van der Waals surface area contributed by atoms with Gasteiger partial charge in [0.15, 0.2) is 7.38 Å². The van der Waals surface area contributed by atoms with Crippen molar-refractivity contribution in [2.24, 2.45) is 0 Å². The molecular formula is C15H19ClSi. The van der Waals surface area contributed by atoms with Gasteiger partial charge in [-0.25, -0.2) is 0 Å². The lowest BCUT2D eigenvalue weighted by Crippen LogP contribution is -2.34. The minimum atomic E-state index is -1.56. The van der Waals surface area contributed by atoms with E-state index in [1.165, 1.54) is 10.8 Å². The molecule has 0 aliphatic carbocycles. The van der Waals surface area contributed by atoms with Crippen LogP contribution in [0.2, 0.25) is 13.1 Å². The summed E-state index contributed by atoms with van der Waals surface area (Å²) >= 11 is 6.20. The predicted octanol–water partition coefficient (Wildman–Crippen LogP) is 4.33. The number of rotatable bonds is 1. The second-order valence-electron chi connectivity index (χ2n) is 4.49. The summed E-state index contributed by atoms with van der Waals surface area (Å²) in [5, 5.41) is 1.30. The molecule has 0 atom stereocenters. The van der Waals surface area contributed by atoms with Gasteiger partial charge in [0.1, 0.15) is 0 Å². The third-order valence-corrected chi connectivity index (χ3v) is 4.76. The molecule has 2 aromatic carbocycles. The zero-order valence-electron chi connectivity index (χ0n) is 10.7. The molecular weight excluding hydrogens is 244 g/mol. The number of aryl methyl sites for hydroxylation is 1. The molecule has 0 saturated heterocycles. The van der Waals surface area contributed by atoms with Crippen LogP contribution in [0, 0.1) is 6.92 Å². The summed E-state index contributed by atoms with van der Waals surface area (Å²) in [6.45, 7) is 6.34. The van der Waals surface area contributed by atoms with E-state index in [0.29, 0.717) is 0 Å². The number of hydrogen-bond donors (Lipinski definition) is 0. The van der Waals surface area contributed by atoms with E-state index >= 15 is 0 Å². The molecule has 0 N–H and O–H groups in total. The summed E-state index contributed by atoms with van der Waals surface area (Å²) in [6, 6.07) is 20.5. The first-order valence-corrected chi connectivity index (χ1v) is 9.77. The summed E-state index contributed by atoms with van der Waals surface area (Å²) < 4.78 is 0. The molecule has 0 spiro atoms. The molecule has 0 unspecified atom stereocenters. The zero-order valence-corrected chi connectivity index (χ0v) is 12.4. The zero-order chi connectivity index (χ0) is 12.7. The third-order valence-electron chi connectivity index (χ3n) is 2.40. The first kappa shape index (κ1) is 14.0. The molecule has 2 rings (SSSR count). The SMILES string of the molecule is C[Si](C)(Cl)c1ccccc1.Cc1ccccc1. The van der Waals surface area contributed by atoms with Crippen LogP contribution in [0.5, 0.6) is 0 Å². The van der Waals surface area contributed by atoms with Crippen molar-refractivity contribution in [3.8, 4) is 0 Å². The van der Waals surface area contributed by atoms with Gasteiger partial charge in [-0.2, -0.15) is 11.1 Å². The summed E-state index contributed by atoms with van der Waals surface area (Å²) in [4.78, 5) is 0. The van der Waals surface area contributed by atoms with Gasteiger partial charge >= 0.3 is 0 Å². The molecule has 0 radical (unpaired) electrons. The van der Waals surface area contributed by atoms with Crippen molar-refractivity contribution in [1.82, 2.24) is 0 Å². The Hall–Kier alpha value is -1.05. The Morgan fingerprint density at radius 3 is 1.41 bits per heavy atom. The van der Waals surface area contributed by atoms with Crippen molar-refractivity contribution in [3.05, 3.63) is 66.2 Å². The van der Waals surface area contributed by atoms with Gasteiger partial charge in [0.05, 0.1) is 0 Å².